The highest BCUT2D eigenvalue weighted by Gasteiger charge is 2.70. The molecule has 0 aromatic heterocycles. The first kappa shape index (κ1) is 26.4. The molecule has 6 heteroatoms. The first-order valence-electron chi connectivity index (χ1n) is 13.8. The smallest absolute Gasteiger partial charge is 0.205 e. The van der Waals surface area contributed by atoms with Crippen LogP contribution in [0.15, 0.2) is 12.2 Å². The highest BCUT2D eigenvalue weighted by Crippen LogP contribution is 2.67. The molecule has 3 aliphatic rings. The number of allylic oxidation sites excluding steroid dienone is 1. The van der Waals surface area contributed by atoms with Gasteiger partial charge in [0.15, 0.2) is 6.63 Å². The largest absolute Gasteiger partial charge is 0.348 e. The van der Waals surface area contributed by atoms with Crippen LogP contribution < -0.4 is 0 Å². The van der Waals surface area contributed by atoms with Crippen molar-refractivity contribution < 1.29 is 0 Å². The van der Waals surface area contributed by atoms with E-state index in [9.17, 15) is 0 Å². The average Bonchev–Trinajstić information content (AvgIpc) is 3.25. The molecule has 4 atom stereocenters. The molecule has 0 unspecified atom stereocenters. The summed E-state index contributed by atoms with van der Waals surface area (Å²) in [6.07, 6.45) is 2.67. The van der Waals surface area contributed by atoms with Crippen molar-refractivity contribution in [2.24, 2.45) is 11.8 Å². The van der Waals surface area contributed by atoms with Crippen molar-refractivity contribution >= 4 is 20.1 Å². The van der Waals surface area contributed by atoms with Crippen LogP contribution in [-0.2, 0) is 0 Å². The van der Waals surface area contributed by atoms with Gasteiger partial charge < -0.3 is 14.4 Å². The van der Waals surface area contributed by atoms with Gasteiger partial charge in [0, 0.05) is 0 Å². The van der Waals surface area contributed by atoms with Crippen molar-refractivity contribution in [1.82, 2.24) is 14.4 Å². The number of hydrogen-bond acceptors (Lipinski definition) is 3. The molecule has 0 amide bonds. The van der Waals surface area contributed by atoms with E-state index in [-0.39, 0.29) is 0 Å². The molecular weight excluding hydrogens is 387 g/mol. The average molecular weight is 439 g/mol. The van der Waals surface area contributed by atoms with Gasteiger partial charge in [0.1, 0.15) is 0 Å². The standard InChI is InChI=1S/C26H52B3N3/c1-16(2)30(17(3)4)27-25-23-14-22(13)24(15-23)26(25)28(31(18(5)6)19(7)8)29(27)32(20(9)10)21(11)12/h16-21,23-26H,13-15H2,1-12H3/t23-,24-,25+,26-/m0/s1. The third-order valence-corrected chi connectivity index (χ3v) is 9.16. The fourth-order valence-corrected chi connectivity index (χ4v) is 8.96. The van der Waals surface area contributed by atoms with Crippen LogP contribution in [0.4, 0.5) is 0 Å². The zero-order valence-corrected chi connectivity index (χ0v) is 23.5. The van der Waals surface area contributed by atoms with E-state index in [4.69, 9.17) is 0 Å². The minimum atomic E-state index is 0.548. The number of rotatable bonds is 9. The molecule has 2 bridgehead atoms. The van der Waals surface area contributed by atoms with Gasteiger partial charge >= 0.3 is 0 Å². The van der Waals surface area contributed by atoms with E-state index >= 15 is 0 Å². The summed E-state index contributed by atoms with van der Waals surface area (Å²) >= 11 is 0. The third kappa shape index (κ3) is 4.31. The van der Waals surface area contributed by atoms with Gasteiger partial charge in [-0.05, 0) is 66.7 Å². The van der Waals surface area contributed by atoms with E-state index in [1.54, 1.807) is 5.57 Å². The molecule has 32 heavy (non-hydrogen) atoms. The first-order valence-corrected chi connectivity index (χ1v) is 13.8. The van der Waals surface area contributed by atoms with Gasteiger partial charge in [-0.3, -0.25) is 0 Å². The Bertz CT molecular complexity index is 639. The molecule has 0 N–H and O–H groups in total. The van der Waals surface area contributed by atoms with Gasteiger partial charge in [-0.2, -0.15) is 0 Å². The summed E-state index contributed by atoms with van der Waals surface area (Å²) in [6, 6.07) is 3.34. The normalized spacial score (nSPS) is 28.3. The Hall–Kier alpha value is -0.185. The van der Waals surface area contributed by atoms with Crippen LogP contribution in [0.5, 0.6) is 0 Å². The third-order valence-electron chi connectivity index (χ3n) is 9.16. The topological polar surface area (TPSA) is 9.72 Å². The minimum absolute atomic E-state index is 0.548. The Morgan fingerprint density at radius 1 is 0.625 bits per heavy atom. The van der Waals surface area contributed by atoms with Crippen molar-refractivity contribution in [1.29, 1.82) is 0 Å². The zero-order valence-electron chi connectivity index (χ0n) is 23.5. The molecule has 180 valence electrons. The summed E-state index contributed by atoms with van der Waals surface area (Å²) in [4.78, 5) is 8.74. The maximum Gasteiger partial charge on any atom is 0.205 e. The molecule has 0 spiro atoms. The Morgan fingerprint density at radius 3 is 1.38 bits per heavy atom. The fraction of sp³-hybridized carbons (Fsp3) is 0.923. The van der Waals surface area contributed by atoms with E-state index in [0.29, 0.717) is 56.4 Å². The number of hydrogen-bond donors (Lipinski definition) is 0. The van der Waals surface area contributed by atoms with Crippen molar-refractivity contribution in [3.8, 4) is 0 Å². The van der Waals surface area contributed by atoms with Gasteiger partial charge in [0.2, 0.25) is 13.5 Å². The first-order chi connectivity index (χ1) is 14.8. The van der Waals surface area contributed by atoms with E-state index in [2.05, 4.69) is 104 Å². The summed E-state index contributed by atoms with van der Waals surface area (Å²) in [5.74, 6) is 3.11. The minimum Gasteiger partial charge on any atom is -0.348 e. The molecule has 0 aromatic carbocycles. The van der Waals surface area contributed by atoms with Crippen LogP contribution in [0.25, 0.3) is 0 Å². The van der Waals surface area contributed by atoms with E-state index in [1.807, 2.05) is 0 Å². The fourth-order valence-electron chi connectivity index (χ4n) is 8.96. The van der Waals surface area contributed by atoms with E-state index < -0.39 is 0 Å². The summed E-state index contributed by atoms with van der Waals surface area (Å²) in [6.45, 7) is 35.6. The second kappa shape index (κ2) is 9.82. The number of fused-ring (bicyclic) bond motifs is 5. The highest BCUT2D eigenvalue weighted by molar-refractivity contribution is 7.51. The highest BCUT2D eigenvalue weighted by atomic mass is 15.2. The lowest BCUT2D eigenvalue weighted by Crippen LogP contribution is -2.72. The molecule has 1 saturated heterocycles. The Kier molecular flexibility index (Phi) is 8.11. The molecule has 2 saturated carbocycles. The molecule has 2 aliphatic carbocycles. The van der Waals surface area contributed by atoms with Crippen LogP contribution in [0.3, 0.4) is 0 Å². The summed E-state index contributed by atoms with van der Waals surface area (Å²) < 4.78 is 0. The lowest BCUT2D eigenvalue weighted by atomic mass is 9.01. The second-order valence-corrected chi connectivity index (χ2v) is 13.0. The van der Waals surface area contributed by atoms with Gasteiger partial charge in [0.05, 0.1) is 0 Å². The monoisotopic (exact) mass is 439 g/mol. The van der Waals surface area contributed by atoms with E-state index in [0.717, 1.165) is 23.5 Å². The molecule has 0 radical (unpaired) electrons. The van der Waals surface area contributed by atoms with Crippen molar-refractivity contribution in [2.75, 3.05) is 0 Å². The Morgan fingerprint density at radius 2 is 1.00 bits per heavy atom. The van der Waals surface area contributed by atoms with Gasteiger partial charge in [0.25, 0.3) is 0 Å². The van der Waals surface area contributed by atoms with Gasteiger partial charge in [-0.1, -0.05) is 101 Å². The summed E-state index contributed by atoms with van der Waals surface area (Å²) in [5.41, 5.74) is 1.56. The lowest BCUT2D eigenvalue weighted by Gasteiger charge is -2.48. The quantitative estimate of drug-likeness (QED) is 0.331. The molecule has 1 aliphatic heterocycles. The van der Waals surface area contributed by atoms with Crippen LogP contribution >= 0.6 is 0 Å². The van der Waals surface area contributed by atoms with Crippen molar-refractivity contribution in [3.63, 3.8) is 0 Å². The van der Waals surface area contributed by atoms with Crippen LogP contribution in [0.2, 0.25) is 11.6 Å². The maximum absolute atomic E-state index is 4.62. The zero-order chi connectivity index (χ0) is 24.2. The van der Waals surface area contributed by atoms with Crippen LogP contribution in [-0.4, -0.2) is 70.8 Å². The van der Waals surface area contributed by atoms with Crippen LogP contribution in [0, 0.1) is 11.8 Å². The van der Waals surface area contributed by atoms with E-state index in [1.165, 1.54) is 12.8 Å². The second-order valence-electron chi connectivity index (χ2n) is 13.0. The Labute approximate surface area is 202 Å². The van der Waals surface area contributed by atoms with Gasteiger partial charge in [-0.25, -0.2) is 0 Å². The molecule has 1 heterocycles. The molecule has 3 nitrogen and oxygen atoms in total. The Balaban J connectivity index is 2.25. The summed E-state index contributed by atoms with van der Waals surface area (Å²) in [5, 5.41) is 0. The SMILES string of the molecule is C=C1C[C@H]2C[C@@H]1[C@@H]1B(N(C(C)C)C(C)C)B(N(C(C)C)C(C)C)B(N(C(C)C)C(C)C)[C@H]21. The number of nitrogens with zero attached hydrogens (tertiary/aromatic N) is 3. The molecule has 3 fully saturated rings. The molecular formula is C26H52B3N3. The maximum atomic E-state index is 4.62. The molecule has 3 rings (SSSR count). The van der Waals surface area contributed by atoms with Gasteiger partial charge in [-0.15, -0.1) is 0 Å². The van der Waals surface area contributed by atoms with Crippen LogP contribution in [0.1, 0.15) is 95.9 Å². The summed E-state index contributed by atoms with van der Waals surface area (Å²) in [7, 11) is 0. The lowest BCUT2D eigenvalue weighted by molar-refractivity contribution is 0.285. The predicted molar refractivity (Wildman–Crippen MR) is 146 cm³/mol. The van der Waals surface area contributed by atoms with Crippen molar-refractivity contribution in [2.45, 2.75) is 144 Å². The predicted octanol–water partition coefficient (Wildman–Crippen LogP) is 5.82. The molecule has 0 aromatic rings. The van der Waals surface area contributed by atoms with Crippen molar-refractivity contribution in [3.05, 3.63) is 12.2 Å².